The van der Waals surface area contributed by atoms with E-state index < -0.39 is 0 Å². The van der Waals surface area contributed by atoms with Gasteiger partial charge in [0.15, 0.2) is 0 Å². The van der Waals surface area contributed by atoms with Crippen LogP contribution < -0.4 is 27.4 Å². The van der Waals surface area contributed by atoms with Crippen LogP contribution in [0.25, 0.3) is 0 Å². The van der Waals surface area contributed by atoms with E-state index in [-0.39, 0.29) is 6.04 Å². The minimum atomic E-state index is 0.215. The maximum atomic E-state index is 5.61. The lowest BCUT2D eigenvalue weighted by Crippen LogP contribution is -2.51. The van der Waals surface area contributed by atoms with Gasteiger partial charge in [-0.25, -0.2) is 0 Å². The van der Waals surface area contributed by atoms with Crippen molar-refractivity contribution in [1.29, 1.82) is 0 Å². The summed E-state index contributed by atoms with van der Waals surface area (Å²) in [6.45, 7) is 5.05. The third kappa shape index (κ3) is 2.06. The molecule has 1 aliphatic rings. The molecule has 1 rings (SSSR count). The fourth-order valence-corrected chi connectivity index (χ4v) is 1.25. The smallest absolute Gasteiger partial charge is 0.125 e. The average molecular weight is 183 g/mol. The number of nitrogens with one attached hydrogen (secondary N) is 3. The van der Waals surface area contributed by atoms with Crippen LogP contribution in [0.1, 0.15) is 0 Å². The van der Waals surface area contributed by atoms with E-state index in [1.165, 1.54) is 0 Å². The minimum absolute atomic E-state index is 0.215. The normalized spacial score (nSPS) is 21.8. The maximum Gasteiger partial charge on any atom is 0.125 e. The van der Waals surface area contributed by atoms with E-state index >= 15 is 0 Å². The Hall–Kier alpha value is -1.36. The van der Waals surface area contributed by atoms with Crippen molar-refractivity contribution in [2.45, 2.75) is 6.04 Å². The van der Waals surface area contributed by atoms with Crippen molar-refractivity contribution in [3.8, 4) is 0 Å². The molecule has 5 heteroatoms. The van der Waals surface area contributed by atoms with Crippen molar-refractivity contribution in [2.75, 3.05) is 20.1 Å². The molecule has 74 valence electrons. The highest BCUT2D eigenvalue weighted by Crippen LogP contribution is 2.06. The highest BCUT2D eigenvalue weighted by atomic mass is 15.2. The van der Waals surface area contributed by atoms with Crippen LogP contribution in [-0.4, -0.2) is 26.2 Å². The van der Waals surface area contributed by atoms with Crippen molar-refractivity contribution in [3.05, 3.63) is 23.8 Å². The van der Waals surface area contributed by atoms with Crippen LogP contribution >= 0.6 is 0 Å². The lowest BCUT2D eigenvalue weighted by Gasteiger charge is -2.29. The molecule has 5 nitrogen and oxygen atoms in total. The molecule has 0 bridgehead atoms. The zero-order chi connectivity index (χ0) is 9.84. The van der Waals surface area contributed by atoms with Gasteiger partial charge in [0, 0.05) is 20.1 Å². The topological polar surface area (TPSA) is 88.1 Å². The van der Waals surface area contributed by atoms with E-state index in [1.54, 1.807) is 0 Å². The fraction of sp³-hybridized carbons (Fsp3) is 0.500. The number of rotatable bonds is 3. The van der Waals surface area contributed by atoms with Crippen LogP contribution in [0.2, 0.25) is 0 Å². The standard InChI is InChI=1S/C8H17N5/c1-5(10)7-8(11-2)12-4-6(3-9)13-7/h6,11-13H,1,3-4,9-10H2,2H3. The molecule has 0 saturated heterocycles. The van der Waals surface area contributed by atoms with Crippen LogP contribution in [0.5, 0.6) is 0 Å². The van der Waals surface area contributed by atoms with Gasteiger partial charge in [0.1, 0.15) is 5.82 Å². The fourth-order valence-electron chi connectivity index (χ4n) is 1.25. The summed E-state index contributed by atoms with van der Waals surface area (Å²) in [6, 6.07) is 0.215. The van der Waals surface area contributed by atoms with Crippen molar-refractivity contribution >= 4 is 0 Å². The molecule has 1 unspecified atom stereocenters. The van der Waals surface area contributed by atoms with Crippen LogP contribution in [-0.2, 0) is 0 Å². The van der Waals surface area contributed by atoms with Gasteiger partial charge in [0.05, 0.1) is 17.4 Å². The molecule has 0 spiro atoms. The summed E-state index contributed by atoms with van der Waals surface area (Å²) in [6.07, 6.45) is 0. The third-order valence-corrected chi connectivity index (χ3v) is 1.98. The highest BCUT2D eigenvalue weighted by Gasteiger charge is 2.18. The van der Waals surface area contributed by atoms with Gasteiger partial charge in [-0.05, 0) is 0 Å². The van der Waals surface area contributed by atoms with Crippen LogP contribution in [0.4, 0.5) is 0 Å². The molecule has 0 aromatic heterocycles. The maximum absolute atomic E-state index is 5.61. The Morgan fingerprint density at radius 3 is 2.92 bits per heavy atom. The Balaban J connectivity index is 2.80. The summed E-state index contributed by atoms with van der Waals surface area (Å²) in [5, 5.41) is 9.40. The first-order chi connectivity index (χ1) is 6.19. The summed E-state index contributed by atoms with van der Waals surface area (Å²) >= 11 is 0. The van der Waals surface area contributed by atoms with E-state index in [0.29, 0.717) is 12.2 Å². The van der Waals surface area contributed by atoms with Gasteiger partial charge in [-0.3, -0.25) is 0 Å². The van der Waals surface area contributed by atoms with E-state index in [2.05, 4.69) is 22.5 Å². The van der Waals surface area contributed by atoms with Crippen molar-refractivity contribution in [2.24, 2.45) is 11.5 Å². The van der Waals surface area contributed by atoms with Gasteiger partial charge in [0.2, 0.25) is 0 Å². The first kappa shape index (κ1) is 9.73. The van der Waals surface area contributed by atoms with Gasteiger partial charge >= 0.3 is 0 Å². The summed E-state index contributed by atoms with van der Waals surface area (Å²) in [7, 11) is 1.83. The largest absolute Gasteiger partial charge is 0.397 e. The van der Waals surface area contributed by atoms with E-state index in [4.69, 9.17) is 11.5 Å². The molecule has 13 heavy (non-hydrogen) atoms. The average Bonchev–Trinajstić information content (AvgIpc) is 2.16. The Labute approximate surface area is 78.2 Å². The first-order valence-corrected chi connectivity index (χ1v) is 4.26. The Kier molecular flexibility index (Phi) is 3.02. The second kappa shape index (κ2) is 4.04. The Morgan fingerprint density at radius 1 is 1.77 bits per heavy atom. The van der Waals surface area contributed by atoms with E-state index in [1.807, 2.05) is 7.05 Å². The third-order valence-electron chi connectivity index (χ3n) is 1.98. The molecular formula is C8H17N5. The second-order valence-electron chi connectivity index (χ2n) is 2.98. The molecule has 7 N–H and O–H groups in total. The number of hydrogen-bond acceptors (Lipinski definition) is 5. The zero-order valence-electron chi connectivity index (χ0n) is 7.85. The number of hydrogen-bond donors (Lipinski definition) is 5. The van der Waals surface area contributed by atoms with Gasteiger partial charge < -0.3 is 27.4 Å². The highest BCUT2D eigenvalue weighted by molar-refractivity contribution is 5.30. The van der Waals surface area contributed by atoms with Crippen LogP contribution in [0, 0.1) is 0 Å². The molecule has 1 aliphatic heterocycles. The molecule has 0 amide bonds. The molecule has 1 heterocycles. The van der Waals surface area contributed by atoms with E-state index in [9.17, 15) is 0 Å². The quantitative estimate of drug-likeness (QED) is 0.362. The summed E-state index contributed by atoms with van der Waals surface area (Å²) in [5.74, 6) is 0.872. The SMILES string of the molecule is C=C(N)C1=C(NC)NCC(CN)N1. The van der Waals surface area contributed by atoms with E-state index in [0.717, 1.165) is 18.1 Å². The Morgan fingerprint density at radius 2 is 2.46 bits per heavy atom. The van der Waals surface area contributed by atoms with Crippen LogP contribution in [0.15, 0.2) is 23.8 Å². The number of nitrogens with two attached hydrogens (primary N) is 2. The lowest BCUT2D eigenvalue weighted by molar-refractivity contribution is 0.492. The summed E-state index contributed by atoms with van der Waals surface area (Å²) in [4.78, 5) is 0. The molecule has 0 fully saturated rings. The van der Waals surface area contributed by atoms with Crippen molar-refractivity contribution in [3.63, 3.8) is 0 Å². The zero-order valence-corrected chi connectivity index (χ0v) is 7.85. The van der Waals surface area contributed by atoms with Crippen molar-refractivity contribution < 1.29 is 0 Å². The molecular weight excluding hydrogens is 166 g/mol. The molecule has 0 aliphatic carbocycles. The van der Waals surface area contributed by atoms with Crippen molar-refractivity contribution in [1.82, 2.24) is 16.0 Å². The molecule has 0 aromatic rings. The second-order valence-corrected chi connectivity index (χ2v) is 2.98. The summed E-state index contributed by atoms with van der Waals surface area (Å²) in [5.41, 5.74) is 12.5. The molecule has 1 atom stereocenters. The van der Waals surface area contributed by atoms with Crippen LogP contribution in [0.3, 0.4) is 0 Å². The predicted molar refractivity (Wildman–Crippen MR) is 53.4 cm³/mol. The Bertz CT molecular complexity index is 233. The molecule has 0 radical (unpaired) electrons. The van der Waals surface area contributed by atoms with Gasteiger partial charge in [-0.2, -0.15) is 0 Å². The monoisotopic (exact) mass is 183 g/mol. The molecule has 0 saturated carbocycles. The predicted octanol–water partition coefficient (Wildman–Crippen LogP) is -1.63. The minimum Gasteiger partial charge on any atom is -0.397 e. The van der Waals surface area contributed by atoms with Gasteiger partial charge in [0.25, 0.3) is 0 Å². The van der Waals surface area contributed by atoms with Gasteiger partial charge in [-0.15, -0.1) is 0 Å². The molecule has 0 aromatic carbocycles. The summed E-state index contributed by atoms with van der Waals surface area (Å²) < 4.78 is 0. The lowest BCUT2D eigenvalue weighted by atomic mass is 10.2. The first-order valence-electron chi connectivity index (χ1n) is 4.26. The van der Waals surface area contributed by atoms with Gasteiger partial charge in [-0.1, -0.05) is 6.58 Å².